The maximum atomic E-state index is 13.0. The molecule has 1 aromatic carbocycles. The number of hydrogen-bond donors (Lipinski definition) is 1. The lowest BCUT2D eigenvalue weighted by molar-refractivity contribution is -0.621. The number of hydrogen-bond acceptors (Lipinski definition) is 5. The second kappa shape index (κ2) is 7.07. The minimum atomic E-state index is -1.35. The van der Waals surface area contributed by atoms with Gasteiger partial charge in [-0.3, -0.25) is 19.4 Å². The van der Waals surface area contributed by atoms with E-state index in [4.69, 9.17) is 11.6 Å². The molecule has 2 heterocycles. The number of benzene rings is 1. The van der Waals surface area contributed by atoms with Gasteiger partial charge in [0.2, 0.25) is 11.8 Å². The van der Waals surface area contributed by atoms with E-state index in [1.54, 1.807) is 25.5 Å². The van der Waals surface area contributed by atoms with Crippen LogP contribution in [0.4, 0.5) is 4.79 Å². The molecule has 10 heteroatoms. The molecule has 0 spiro atoms. The number of amides is 4. The van der Waals surface area contributed by atoms with Gasteiger partial charge in [-0.25, -0.2) is 14.1 Å². The van der Waals surface area contributed by atoms with Crippen LogP contribution in [0.15, 0.2) is 18.2 Å². The van der Waals surface area contributed by atoms with Gasteiger partial charge in [0.1, 0.15) is 29.0 Å². The standard InChI is InChI=1S/C19H21ClN4O5/c1-9-10(2)24(29)16(21(9)3)14(11-6-7-13(25)12(20)8-11)15-17(26)22(4)19(28)23(5)18(15)27/h6-8,14-15,25H,1-5H3/t14-/m0/s1. The fourth-order valence-corrected chi connectivity index (χ4v) is 3.82. The average Bonchev–Trinajstić information content (AvgIpc) is 2.87. The summed E-state index contributed by atoms with van der Waals surface area (Å²) >= 11 is 6.07. The van der Waals surface area contributed by atoms with Crippen molar-refractivity contribution in [2.75, 3.05) is 14.1 Å². The highest BCUT2D eigenvalue weighted by molar-refractivity contribution is 6.32. The van der Waals surface area contributed by atoms with Crippen molar-refractivity contribution in [3.05, 3.63) is 51.2 Å². The molecule has 0 saturated carbocycles. The number of aromatic hydroxyl groups is 1. The Hall–Kier alpha value is -3.07. The number of aromatic nitrogens is 2. The molecule has 1 aliphatic rings. The molecule has 2 aromatic rings. The summed E-state index contributed by atoms with van der Waals surface area (Å²) in [6, 6.07) is 3.50. The summed E-state index contributed by atoms with van der Waals surface area (Å²) < 4.78 is 2.29. The van der Waals surface area contributed by atoms with Crippen LogP contribution >= 0.6 is 11.6 Å². The number of rotatable bonds is 3. The maximum Gasteiger partial charge on any atom is 0.332 e. The number of carbonyl (C=O) groups excluding carboxylic acids is 3. The van der Waals surface area contributed by atoms with E-state index in [0.717, 1.165) is 9.80 Å². The highest BCUT2D eigenvalue weighted by Crippen LogP contribution is 2.38. The van der Waals surface area contributed by atoms with Crippen LogP contribution < -0.4 is 4.73 Å². The number of carbonyl (C=O) groups is 3. The van der Waals surface area contributed by atoms with Crippen molar-refractivity contribution in [1.82, 2.24) is 14.4 Å². The highest BCUT2D eigenvalue weighted by Gasteiger charge is 2.51. The Morgan fingerprint density at radius 3 is 2.10 bits per heavy atom. The number of imidazole rings is 1. The normalized spacial score (nSPS) is 16.7. The van der Waals surface area contributed by atoms with Gasteiger partial charge >= 0.3 is 6.03 Å². The largest absolute Gasteiger partial charge is 0.711 e. The zero-order valence-corrected chi connectivity index (χ0v) is 17.4. The molecule has 4 amide bonds. The first-order valence-corrected chi connectivity index (χ1v) is 9.19. The van der Waals surface area contributed by atoms with Gasteiger partial charge in [-0.15, -0.1) is 0 Å². The third-order valence-electron chi connectivity index (χ3n) is 5.59. The van der Waals surface area contributed by atoms with Crippen LogP contribution in [-0.2, 0) is 16.6 Å². The predicted molar refractivity (Wildman–Crippen MR) is 103 cm³/mol. The van der Waals surface area contributed by atoms with Gasteiger partial charge in [-0.05, 0) is 17.7 Å². The van der Waals surface area contributed by atoms with Gasteiger partial charge < -0.3 is 10.3 Å². The minimum absolute atomic E-state index is 0.0149. The molecular weight excluding hydrogens is 400 g/mol. The van der Waals surface area contributed by atoms with E-state index >= 15 is 0 Å². The van der Waals surface area contributed by atoms with E-state index in [1.165, 1.54) is 32.3 Å². The second-order valence-corrected chi connectivity index (χ2v) is 7.53. The summed E-state index contributed by atoms with van der Waals surface area (Å²) in [4.78, 5) is 39.9. The summed E-state index contributed by atoms with van der Waals surface area (Å²) in [6.45, 7) is 3.39. The minimum Gasteiger partial charge on any atom is -0.711 e. The Morgan fingerprint density at radius 2 is 1.66 bits per heavy atom. The average molecular weight is 421 g/mol. The molecule has 29 heavy (non-hydrogen) atoms. The Bertz CT molecular complexity index is 998. The first kappa shape index (κ1) is 20.7. The van der Waals surface area contributed by atoms with Crippen LogP contribution in [0.25, 0.3) is 0 Å². The van der Waals surface area contributed by atoms with Crippen molar-refractivity contribution in [3.63, 3.8) is 0 Å². The van der Waals surface area contributed by atoms with Crippen LogP contribution in [0.1, 0.15) is 28.7 Å². The first-order valence-electron chi connectivity index (χ1n) is 8.81. The van der Waals surface area contributed by atoms with Gasteiger partial charge in [-0.2, -0.15) is 0 Å². The molecule has 0 aliphatic carbocycles. The van der Waals surface area contributed by atoms with Crippen molar-refractivity contribution < 1.29 is 24.2 Å². The monoisotopic (exact) mass is 420 g/mol. The van der Waals surface area contributed by atoms with Crippen molar-refractivity contribution in [1.29, 1.82) is 0 Å². The van der Waals surface area contributed by atoms with E-state index in [1.807, 2.05) is 0 Å². The Labute approximate surface area is 172 Å². The molecule has 3 rings (SSSR count). The van der Waals surface area contributed by atoms with E-state index in [2.05, 4.69) is 0 Å². The number of barbiturate groups is 1. The zero-order chi connectivity index (χ0) is 21.8. The van der Waals surface area contributed by atoms with Gasteiger partial charge in [0, 0.05) is 27.9 Å². The molecule has 1 atom stereocenters. The summed E-state index contributed by atoms with van der Waals surface area (Å²) in [7, 11) is 4.24. The van der Waals surface area contributed by atoms with Crippen molar-refractivity contribution in [2.24, 2.45) is 13.0 Å². The highest BCUT2D eigenvalue weighted by atomic mass is 35.5. The number of nitrogens with zero attached hydrogens (tertiary/aromatic N) is 4. The molecule has 1 fully saturated rings. The molecule has 0 unspecified atom stereocenters. The SMILES string of the molecule is Cc1c(C)[n+]([O-])c([C@@H](c2ccc(O)c(Cl)c2)C2C(=O)N(C)C(=O)N(C)C2=O)n1C. The smallest absolute Gasteiger partial charge is 0.332 e. The molecule has 0 radical (unpaired) electrons. The lowest BCUT2D eigenvalue weighted by atomic mass is 9.82. The summed E-state index contributed by atoms with van der Waals surface area (Å²) in [6.07, 6.45) is 0. The van der Waals surface area contributed by atoms with E-state index in [0.29, 0.717) is 21.7 Å². The molecule has 1 saturated heterocycles. The zero-order valence-electron chi connectivity index (χ0n) is 16.6. The van der Waals surface area contributed by atoms with Crippen molar-refractivity contribution in [3.8, 4) is 5.75 Å². The number of phenols is 1. The predicted octanol–water partition coefficient (Wildman–Crippen LogP) is 1.43. The Kier molecular flexibility index (Phi) is 5.04. The van der Waals surface area contributed by atoms with Crippen LogP contribution in [0.3, 0.4) is 0 Å². The quantitative estimate of drug-likeness (QED) is 0.459. The summed E-state index contributed by atoms with van der Waals surface area (Å²) in [5.41, 5.74) is 1.48. The number of urea groups is 1. The molecule has 0 bridgehead atoms. The fraction of sp³-hybridized carbons (Fsp3) is 0.368. The van der Waals surface area contributed by atoms with E-state index in [9.17, 15) is 24.7 Å². The first-order chi connectivity index (χ1) is 13.5. The Morgan fingerprint density at radius 1 is 1.10 bits per heavy atom. The molecule has 1 aromatic heterocycles. The lowest BCUT2D eigenvalue weighted by Gasteiger charge is -2.35. The van der Waals surface area contributed by atoms with Gasteiger partial charge in [0.25, 0.3) is 5.82 Å². The third kappa shape index (κ3) is 3.02. The van der Waals surface area contributed by atoms with Gasteiger partial charge in [-0.1, -0.05) is 17.7 Å². The summed E-state index contributed by atoms with van der Waals surface area (Å²) in [5, 5.41) is 22.8. The fourth-order valence-electron chi connectivity index (χ4n) is 3.63. The van der Waals surface area contributed by atoms with Gasteiger partial charge in [0.05, 0.1) is 12.1 Å². The topological polar surface area (TPSA) is 110 Å². The van der Waals surface area contributed by atoms with E-state index in [-0.39, 0.29) is 16.6 Å². The van der Waals surface area contributed by atoms with Crippen molar-refractivity contribution in [2.45, 2.75) is 19.8 Å². The molecular formula is C19H21ClN4O5. The maximum absolute atomic E-state index is 13.0. The second-order valence-electron chi connectivity index (χ2n) is 7.13. The van der Waals surface area contributed by atoms with Gasteiger partial charge in [0.15, 0.2) is 0 Å². The number of halogens is 1. The molecule has 1 aliphatic heterocycles. The van der Waals surface area contributed by atoms with E-state index < -0.39 is 29.7 Å². The van der Waals surface area contributed by atoms with Crippen molar-refractivity contribution >= 4 is 29.4 Å². The summed E-state index contributed by atoms with van der Waals surface area (Å²) in [5.74, 6) is -3.83. The molecule has 9 nitrogen and oxygen atoms in total. The lowest BCUT2D eigenvalue weighted by Crippen LogP contribution is -2.59. The van der Waals surface area contributed by atoms with Crippen LogP contribution in [0, 0.1) is 25.0 Å². The van der Waals surface area contributed by atoms with Crippen LogP contribution in [0.2, 0.25) is 5.02 Å². The van der Waals surface area contributed by atoms with Crippen LogP contribution in [0.5, 0.6) is 5.75 Å². The number of imide groups is 2. The van der Waals surface area contributed by atoms with Crippen LogP contribution in [-0.4, -0.2) is 51.4 Å². The number of phenolic OH excluding ortho intramolecular Hbond substituents is 1. The molecule has 1 N–H and O–H groups in total. The Balaban J connectivity index is 2.31. The third-order valence-corrected chi connectivity index (χ3v) is 5.90. The molecule has 154 valence electrons.